The fourth-order valence-electron chi connectivity index (χ4n) is 2.47. The topological polar surface area (TPSA) is 30.5 Å². The highest BCUT2D eigenvalue weighted by Gasteiger charge is 2.04. The summed E-state index contributed by atoms with van der Waals surface area (Å²) in [6.45, 7) is 1.01. The van der Waals surface area contributed by atoms with Crippen LogP contribution in [0, 0.1) is 5.82 Å². The zero-order valence-corrected chi connectivity index (χ0v) is 15.9. The van der Waals surface area contributed by atoms with E-state index in [1.165, 1.54) is 12.1 Å². The number of benzene rings is 3. The third-order valence-electron chi connectivity index (χ3n) is 3.87. The number of anilines is 1. The maximum absolute atomic E-state index is 13.2. The first kappa shape index (κ1) is 18.3. The minimum Gasteiger partial charge on any atom is -0.497 e. The monoisotopic (exact) mass is 415 g/mol. The summed E-state index contributed by atoms with van der Waals surface area (Å²) < 4.78 is 25.0. The van der Waals surface area contributed by atoms with Gasteiger partial charge in [0.2, 0.25) is 0 Å². The third-order valence-corrected chi connectivity index (χ3v) is 4.49. The number of hydrogen-bond donors (Lipinski definition) is 1. The van der Waals surface area contributed by atoms with Gasteiger partial charge >= 0.3 is 0 Å². The van der Waals surface area contributed by atoms with E-state index in [9.17, 15) is 4.39 Å². The van der Waals surface area contributed by atoms with Crippen LogP contribution in [0.2, 0.25) is 0 Å². The molecule has 0 aliphatic heterocycles. The van der Waals surface area contributed by atoms with Gasteiger partial charge in [0, 0.05) is 12.2 Å². The van der Waals surface area contributed by atoms with E-state index in [4.69, 9.17) is 9.47 Å². The number of halogens is 2. The zero-order valence-electron chi connectivity index (χ0n) is 14.3. The fourth-order valence-corrected chi connectivity index (χ4v) is 3.01. The van der Waals surface area contributed by atoms with Crippen LogP contribution in [0.1, 0.15) is 11.1 Å². The Morgan fingerprint density at radius 2 is 1.77 bits per heavy atom. The molecule has 0 spiro atoms. The van der Waals surface area contributed by atoms with Gasteiger partial charge in [-0.15, -0.1) is 0 Å². The molecule has 5 heteroatoms. The lowest BCUT2D eigenvalue weighted by molar-refractivity contribution is 0.303. The summed E-state index contributed by atoms with van der Waals surface area (Å²) in [6.07, 6.45) is 0. The van der Waals surface area contributed by atoms with Gasteiger partial charge in [-0.1, -0.05) is 18.2 Å². The van der Waals surface area contributed by atoms with Gasteiger partial charge in [0.25, 0.3) is 0 Å². The standard InChI is InChI=1S/C21H19BrFNO2/c1-25-19-8-6-18(7-9-19)24-13-15-5-10-21(20(22)12-15)26-14-16-3-2-4-17(23)11-16/h2-12,24H,13-14H2,1H3. The molecular formula is C21H19BrFNO2. The van der Waals surface area contributed by atoms with Crippen molar-refractivity contribution in [1.29, 1.82) is 0 Å². The Labute approximate surface area is 160 Å². The molecule has 3 aromatic carbocycles. The Kier molecular flexibility index (Phi) is 6.12. The van der Waals surface area contributed by atoms with Gasteiger partial charge in [0.1, 0.15) is 23.9 Å². The summed E-state index contributed by atoms with van der Waals surface area (Å²) in [4.78, 5) is 0. The van der Waals surface area contributed by atoms with Crippen LogP contribution >= 0.6 is 15.9 Å². The van der Waals surface area contributed by atoms with Crippen molar-refractivity contribution in [1.82, 2.24) is 0 Å². The molecule has 0 saturated heterocycles. The van der Waals surface area contributed by atoms with E-state index >= 15 is 0 Å². The highest BCUT2D eigenvalue weighted by molar-refractivity contribution is 9.10. The molecule has 0 fully saturated rings. The molecule has 0 unspecified atom stereocenters. The van der Waals surface area contributed by atoms with Gasteiger partial charge in [-0.3, -0.25) is 0 Å². The normalized spacial score (nSPS) is 10.4. The van der Waals surface area contributed by atoms with Crippen molar-refractivity contribution in [2.24, 2.45) is 0 Å². The third kappa shape index (κ3) is 4.99. The molecule has 134 valence electrons. The molecule has 3 nitrogen and oxygen atoms in total. The van der Waals surface area contributed by atoms with Crippen LogP contribution in [-0.4, -0.2) is 7.11 Å². The number of ether oxygens (including phenoxy) is 2. The van der Waals surface area contributed by atoms with Crippen LogP contribution in [-0.2, 0) is 13.2 Å². The largest absolute Gasteiger partial charge is 0.497 e. The maximum Gasteiger partial charge on any atom is 0.134 e. The summed E-state index contributed by atoms with van der Waals surface area (Å²) in [5.74, 6) is 1.30. The van der Waals surface area contributed by atoms with Gasteiger partial charge in [-0.05, 0) is 75.6 Å². The van der Waals surface area contributed by atoms with Gasteiger partial charge in [-0.25, -0.2) is 4.39 Å². The van der Waals surface area contributed by atoms with E-state index in [0.29, 0.717) is 13.2 Å². The highest BCUT2D eigenvalue weighted by Crippen LogP contribution is 2.27. The van der Waals surface area contributed by atoms with Crippen LogP contribution in [0.4, 0.5) is 10.1 Å². The average molecular weight is 416 g/mol. The molecule has 0 bridgehead atoms. The molecule has 0 aliphatic carbocycles. The predicted octanol–water partition coefficient (Wildman–Crippen LogP) is 5.79. The van der Waals surface area contributed by atoms with Crippen LogP contribution in [0.25, 0.3) is 0 Å². The van der Waals surface area contributed by atoms with E-state index in [2.05, 4.69) is 21.2 Å². The number of hydrogen-bond acceptors (Lipinski definition) is 3. The van der Waals surface area contributed by atoms with Crippen molar-refractivity contribution in [3.63, 3.8) is 0 Å². The summed E-state index contributed by atoms with van der Waals surface area (Å²) in [7, 11) is 1.65. The minimum atomic E-state index is -0.259. The molecular weight excluding hydrogens is 397 g/mol. The Balaban J connectivity index is 1.58. The van der Waals surface area contributed by atoms with Crippen molar-refractivity contribution >= 4 is 21.6 Å². The van der Waals surface area contributed by atoms with Crippen molar-refractivity contribution < 1.29 is 13.9 Å². The number of methoxy groups -OCH3 is 1. The van der Waals surface area contributed by atoms with E-state index < -0.39 is 0 Å². The molecule has 3 aromatic rings. The first-order valence-corrected chi connectivity index (χ1v) is 8.97. The lowest BCUT2D eigenvalue weighted by Gasteiger charge is -2.11. The minimum absolute atomic E-state index is 0.259. The van der Waals surface area contributed by atoms with E-state index in [1.54, 1.807) is 13.2 Å². The molecule has 0 heterocycles. The molecule has 3 rings (SSSR count). The molecule has 0 aromatic heterocycles. The van der Waals surface area contributed by atoms with Crippen LogP contribution in [0.15, 0.2) is 71.2 Å². The van der Waals surface area contributed by atoms with Crippen molar-refractivity contribution in [2.75, 3.05) is 12.4 Å². The lowest BCUT2D eigenvalue weighted by atomic mass is 10.2. The molecule has 26 heavy (non-hydrogen) atoms. The van der Waals surface area contributed by atoms with Crippen LogP contribution in [0.5, 0.6) is 11.5 Å². The summed E-state index contributed by atoms with van der Waals surface area (Å²) in [5.41, 5.74) is 2.93. The predicted molar refractivity (Wildman–Crippen MR) is 105 cm³/mol. The molecule has 0 amide bonds. The molecule has 1 N–H and O–H groups in total. The summed E-state index contributed by atoms with van der Waals surface area (Å²) in [5, 5.41) is 3.36. The second-order valence-electron chi connectivity index (χ2n) is 5.77. The maximum atomic E-state index is 13.2. The van der Waals surface area contributed by atoms with Crippen molar-refractivity contribution in [3.05, 3.63) is 88.1 Å². The quantitative estimate of drug-likeness (QED) is 0.529. The van der Waals surface area contributed by atoms with Crippen LogP contribution < -0.4 is 14.8 Å². The lowest BCUT2D eigenvalue weighted by Crippen LogP contribution is -2.01. The first-order chi connectivity index (χ1) is 12.6. The van der Waals surface area contributed by atoms with Crippen LogP contribution in [0.3, 0.4) is 0 Å². The molecule has 0 saturated carbocycles. The van der Waals surface area contributed by atoms with Gasteiger partial charge < -0.3 is 14.8 Å². The van der Waals surface area contributed by atoms with Gasteiger partial charge in [0.15, 0.2) is 0 Å². The van der Waals surface area contributed by atoms with Gasteiger partial charge in [0.05, 0.1) is 11.6 Å². The molecule has 0 aliphatic rings. The number of nitrogens with one attached hydrogen (secondary N) is 1. The smallest absolute Gasteiger partial charge is 0.134 e. The van der Waals surface area contributed by atoms with E-state index in [-0.39, 0.29) is 5.82 Å². The second-order valence-corrected chi connectivity index (χ2v) is 6.62. The van der Waals surface area contributed by atoms with Gasteiger partial charge in [-0.2, -0.15) is 0 Å². The summed E-state index contributed by atoms with van der Waals surface area (Å²) >= 11 is 3.54. The highest BCUT2D eigenvalue weighted by atomic mass is 79.9. The Morgan fingerprint density at radius 1 is 0.962 bits per heavy atom. The first-order valence-electron chi connectivity index (χ1n) is 8.17. The van der Waals surface area contributed by atoms with Crippen molar-refractivity contribution in [3.8, 4) is 11.5 Å². The van der Waals surface area contributed by atoms with E-state index in [0.717, 1.165) is 32.8 Å². The second kappa shape index (κ2) is 8.72. The summed E-state index contributed by atoms with van der Waals surface area (Å²) in [6, 6.07) is 20.1. The average Bonchev–Trinajstić information content (AvgIpc) is 2.66. The fraction of sp³-hybridized carbons (Fsp3) is 0.143. The zero-order chi connectivity index (χ0) is 18.4. The van der Waals surface area contributed by atoms with E-state index in [1.807, 2.05) is 48.5 Å². The SMILES string of the molecule is COc1ccc(NCc2ccc(OCc3cccc(F)c3)c(Br)c2)cc1. The Morgan fingerprint density at radius 3 is 2.46 bits per heavy atom. The molecule has 0 atom stereocenters. The molecule has 0 radical (unpaired) electrons. The Bertz CT molecular complexity index is 868. The van der Waals surface area contributed by atoms with Crippen molar-refractivity contribution in [2.45, 2.75) is 13.2 Å². The Hall–Kier alpha value is -2.53. The number of rotatable bonds is 7.